The summed E-state index contributed by atoms with van der Waals surface area (Å²) in [5, 5.41) is 15.3. The van der Waals surface area contributed by atoms with Gasteiger partial charge in [0.15, 0.2) is 11.0 Å². The summed E-state index contributed by atoms with van der Waals surface area (Å²) in [6.45, 7) is 10.9. The van der Waals surface area contributed by atoms with Gasteiger partial charge < -0.3 is 14.6 Å². The molecule has 0 unspecified atom stereocenters. The van der Waals surface area contributed by atoms with Crippen LogP contribution < -0.4 is 5.32 Å². The molecule has 3 aromatic rings. The Balaban J connectivity index is 1.49. The highest BCUT2D eigenvalue weighted by molar-refractivity contribution is 7.99. The van der Waals surface area contributed by atoms with Gasteiger partial charge >= 0.3 is 5.97 Å². The van der Waals surface area contributed by atoms with Crippen LogP contribution in [-0.4, -0.2) is 38.5 Å². The third-order valence-electron chi connectivity index (χ3n) is 5.91. The Morgan fingerprint density at radius 3 is 2.67 bits per heavy atom. The molecule has 3 heterocycles. The lowest BCUT2D eigenvalue weighted by molar-refractivity contribution is -0.113. The number of anilines is 1. The fraction of sp³-hybridized carbons (Fsp3) is 0.538. The van der Waals surface area contributed by atoms with Gasteiger partial charge in [-0.1, -0.05) is 32.5 Å². The molecule has 0 spiro atoms. The average molecular weight is 547 g/mol. The molecular weight excluding hydrogens is 513 g/mol. The minimum atomic E-state index is -0.351. The molecule has 1 aliphatic rings. The molecule has 0 radical (unpaired) electrons. The predicted molar refractivity (Wildman–Crippen MR) is 149 cm³/mol. The number of fused-ring (bicyclic) bond motifs is 1. The fourth-order valence-electron chi connectivity index (χ4n) is 4.24. The summed E-state index contributed by atoms with van der Waals surface area (Å²) in [6.07, 6.45) is 4.67. The highest BCUT2D eigenvalue weighted by Crippen LogP contribution is 2.39. The maximum Gasteiger partial charge on any atom is 0.341 e. The number of esters is 1. The molecule has 1 amide bonds. The van der Waals surface area contributed by atoms with Gasteiger partial charge in [-0.2, -0.15) is 0 Å². The Morgan fingerprint density at radius 1 is 1.19 bits per heavy atom. The zero-order valence-corrected chi connectivity index (χ0v) is 24.0. The van der Waals surface area contributed by atoms with Crippen LogP contribution in [0.25, 0.3) is 11.4 Å². The summed E-state index contributed by atoms with van der Waals surface area (Å²) in [5.41, 5.74) is 2.65. The minimum absolute atomic E-state index is 0.164. The topological polar surface area (TPSA) is 86.1 Å². The van der Waals surface area contributed by atoms with Crippen molar-refractivity contribution in [1.29, 1.82) is 0 Å². The van der Waals surface area contributed by atoms with Crippen molar-refractivity contribution >= 4 is 51.3 Å². The molecule has 0 aromatic carbocycles. The number of nitrogens with one attached hydrogen (secondary N) is 1. The van der Waals surface area contributed by atoms with Crippen molar-refractivity contribution in [2.45, 2.75) is 90.4 Å². The molecule has 1 aliphatic carbocycles. The van der Waals surface area contributed by atoms with E-state index in [1.54, 1.807) is 11.3 Å². The van der Waals surface area contributed by atoms with E-state index in [0.717, 1.165) is 60.8 Å². The Bertz CT molecular complexity index is 1230. The van der Waals surface area contributed by atoms with Crippen LogP contribution in [0.3, 0.4) is 0 Å². The molecule has 0 aliphatic heterocycles. The largest absolute Gasteiger partial charge is 0.459 e. The van der Waals surface area contributed by atoms with E-state index in [1.807, 2.05) is 13.8 Å². The number of thioether (sulfide) groups is 1. The van der Waals surface area contributed by atoms with Gasteiger partial charge in [0.1, 0.15) is 5.00 Å². The van der Waals surface area contributed by atoms with Gasteiger partial charge in [0.2, 0.25) is 5.91 Å². The van der Waals surface area contributed by atoms with Crippen molar-refractivity contribution < 1.29 is 14.3 Å². The second kappa shape index (κ2) is 11.9. The van der Waals surface area contributed by atoms with E-state index in [0.29, 0.717) is 16.5 Å². The zero-order chi connectivity index (χ0) is 25.8. The molecule has 1 N–H and O–H groups in total. The van der Waals surface area contributed by atoms with Gasteiger partial charge in [-0.25, -0.2) is 4.79 Å². The van der Waals surface area contributed by atoms with Gasteiger partial charge in [-0.05, 0) is 63.5 Å². The first-order valence-electron chi connectivity index (χ1n) is 12.6. The van der Waals surface area contributed by atoms with E-state index in [4.69, 9.17) is 4.74 Å². The first-order chi connectivity index (χ1) is 17.3. The van der Waals surface area contributed by atoms with Crippen molar-refractivity contribution in [3.05, 3.63) is 32.3 Å². The third-order valence-corrected chi connectivity index (χ3v) is 9.32. The summed E-state index contributed by atoms with van der Waals surface area (Å²) in [5.74, 6) is 0.977. The number of nitrogens with zero attached hydrogens (tertiary/aromatic N) is 3. The number of hydrogen-bond acceptors (Lipinski definition) is 8. The molecule has 194 valence electrons. The molecule has 0 fully saturated rings. The average Bonchev–Trinajstić information content (AvgIpc) is 3.54. The number of carbonyl (C=O) groups is 2. The van der Waals surface area contributed by atoms with Crippen LogP contribution >= 0.6 is 34.4 Å². The smallest absolute Gasteiger partial charge is 0.341 e. The molecule has 4 rings (SSSR count). The van der Waals surface area contributed by atoms with Crippen LogP contribution in [0, 0.1) is 0 Å². The van der Waals surface area contributed by atoms with Crippen LogP contribution in [0.4, 0.5) is 5.00 Å². The highest BCUT2D eigenvalue weighted by Gasteiger charge is 2.28. The number of aryl methyl sites for hydroxylation is 1. The van der Waals surface area contributed by atoms with E-state index in [-0.39, 0.29) is 23.7 Å². The van der Waals surface area contributed by atoms with Gasteiger partial charge in [0.25, 0.3) is 0 Å². The van der Waals surface area contributed by atoms with E-state index in [9.17, 15) is 9.59 Å². The maximum atomic E-state index is 13.0. The normalized spacial score (nSPS) is 13.3. The van der Waals surface area contributed by atoms with E-state index < -0.39 is 0 Å². The number of hydrogen-bond donors (Lipinski definition) is 1. The molecule has 0 atom stereocenters. The molecule has 0 saturated carbocycles. The molecule has 0 saturated heterocycles. The van der Waals surface area contributed by atoms with Crippen molar-refractivity contribution in [2.75, 3.05) is 11.1 Å². The summed E-state index contributed by atoms with van der Waals surface area (Å²) in [6, 6.07) is 2.18. The first-order valence-corrected chi connectivity index (χ1v) is 15.3. The predicted octanol–water partition coefficient (Wildman–Crippen LogP) is 6.78. The molecule has 0 bridgehead atoms. The molecular formula is C26H34N4O3S3. The summed E-state index contributed by atoms with van der Waals surface area (Å²) >= 11 is 4.62. The van der Waals surface area contributed by atoms with Gasteiger partial charge in [-0.15, -0.1) is 32.9 Å². The minimum Gasteiger partial charge on any atom is -0.459 e. The lowest BCUT2D eigenvalue weighted by atomic mass is 9.95. The van der Waals surface area contributed by atoms with Gasteiger partial charge in [0.05, 0.1) is 17.4 Å². The van der Waals surface area contributed by atoms with Crippen molar-refractivity contribution in [3.63, 3.8) is 0 Å². The van der Waals surface area contributed by atoms with Crippen molar-refractivity contribution in [2.24, 2.45) is 0 Å². The van der Waals surface area contributed by atoms with Crippen LogP contribution in [-0.2, 0) is 28.9 Å². The lowest BCUT2D eigenvalue weighted by Crippen LogP contribution is -2.19. The second-order valence-electron chi connectivity index (χ2n) is 9.56. The quantitative estimate of drug-likeness (QED) is 0.223. The number of aromatic nitrogens is 3. The SMILES string of the molecule is CCCn1c(SCC(=O)Nc2sc3c(c2C(=O)OC(C)C)CCCC3)nnc1-c1csc(C(C)C)c1. The summed E-state index contributed by atoms with van der Waals surface area (Å²) in [7, 11) is 0. The van der Waals surface area contributed by atoms with Crippen LogP contribution in [0.15, 0.2) is 16.6 Å². The molecule has 36 heavy (non-hydrogen) atoms. The molecule has 7 nitrogen and oxygen atoms in total. The monoisotopic (exact) mass is 546 g/mol. The van der Waals surface area contributed by atoms with Crippen LogP contribution in [0.2, 0.25) is 0 Å². The standard InChI is InChI=1S/C26H34N4O3S3/c1-6-11-30-23(17-12-20(15(2)3)34-13-17)28-29-26(30)35-14-21(31)27-24-22(25(32)33-16(4)5)18-9-7-8-10-19(18)36-24/h12-13,15-16H,6-11,14H2,1-5H3,(H,27,31). The Kier molecular flexibility index (Phi) is 8.90. The fourth-order valence-corrected chi connectivity index (χ4v) is 7.20. The Morgan fingerprint density at radius 2 is 1.97 bits per heavy atom. The number of ether oxygens (including phenoxy) is 1. The Labute approximate surface area is 225 Å². The van der Waals surface area contributed by atoms with Gasteiger partial charge in [0, 0.05) is 27.2 Å². The van der Waals surface area contributed by atoms with Crippen molar-refractivity contribution in [3.8, 4) is 11.4 Å². The number of carbonyl (C=O) groups excluding carboxylic acids is 2. The van der Waals surface area contributed by atoms with Crippen LogP contribution in [0.5, 0.6) is 0 Å². The zero-order valence-electron chi connectivity index (χ0n) is 21.6. The third kappa shape index (κ3) is 6.03. The van der Waals surface area contributed by atoms with Gasteiger partial charge in [-0.3, -0.25) is 4.79 Å². The van der Waals surface area contributed by atoms with E-state index >= 15 is 0 Å². The van der Waals surface area contributed by atoms with E-state index in [2.05, 4.69) is 52.3 Å². The number of thiophene rings is 2. The first kappa shape index (κ1) is 26.9. The summed E-state index contributed by atoms with van der Waals surface area (Å²) < 4.78 is 7.60. The lowest BCUT2D eigenvalue weighted by Gasteiger charge is -2.14. The molecule has 3 aromatic heterocycles. The highest BCUT2D eigenvalue weighted by atomic mass is 32.2. The second-order valence-corrected chi connectivity index (χ2v) is 12.5. The Hall–Kier alpha value is -2.17. The van der Waals surface area contributed by atoms with E-state index in [1.165, 1.54) is 32.9 Å². The van der Waals surface area contributed by atoms with Crippen LogP contribution in [0.1, 0.15) is 85.5 Å². The number of rotatable bonds is 10. The molecule has 10 heteroatoms. The van der Waals surface area contributed by atoms with Crippen molar-refractivity contribution in [1.82, 2.24) is 14.8 Å². The summed E-state index contributed by atoms with van der Waals surface area (Å²) in [4.78, 5) is 28.4. The number of amides is 1. The maximum absolute atomic E-state index is 13.0.